The van der Waals surface area contributed by atoms with Crippen LogP contribution in [-0.2, 0) is 14.3 Å². The van der Waals surface area contributed by atoms with Crippen molar-refractivity contribution in [2.24, 2.45) is 0 Å². The van der Waals surface area contributed by atoms with Crippen LogP contribution < -0.4 is 4.74 Å². The zero-order valence-electron chi connectivity index (χ0n) is 14.4. The van der Waals surface area contributed by atoms with E-state index >= 15 is 0 Å². The van der Waals surface area contributed by atoms with Gasteiger partial charge in [0.2, 0.25) is 6.41 Å². The first kappa shape index (κ1) is 18.6. The topological polar surface area (TPSA) is 68.2 Å². The van der Waals surface area contributed by atoms with Crippen LogP contribution in [0.15, 0.2) is 24.3 Å². The summed E-state index contributed by atoms with van der Waals surface area (Å²) in [5.41, 5.74) is -0.593. The number of para-hydroxylation sites is 1. The smallest absolute Gasteiger partial charge is 0.323 e. The lowest BCUT2D eigenvalue weighted by Crippen LogP contribution is -2.47. The van der Waals surface area contributed by atoms with Crippen LogP contribution in [0, 0.1) is 5.82 Å². The number of rotatable bonds is 5. The van der Waals surface area contributed by atoms with Crippen LogP contribution in [0.2, 0.25) is 0 Å². The molecule has 0 amide bonds. The summed E-state index contributed by atoms with van der Waals surface area (Å²) in [7, 11) is 1.28. The molecule has 0 saturated carbocycles. The van der Waals surface area contributed by atoms with Crippen LogP contribution in [-0.4, -0.2) is 53.8 Å². The number of ether oxygens (including phenoxy) is 3. The third kappa shape index (κ3) is 4.66. The maximum Gasteiger partial charge on any atom is 0.323 e. The van der Waals surface area contributed by atoms with Gasteiger partial charge in [-0.1, -0.05) is 12.1 Å². The highest BCUT2D eigenvalue weighted by Crippen LogP contribution is 2.28. The molecule has 0 spiro atoms. The van der Waals surface area contributed by atoms with Gasteiger partial charge in [-0.15, -0.1) is 0 Å². The maximum absolute atomic E-state index is 13.7. The van der Waals surface area contributed by atoms with Crippen LogP contribution >= 0.6 is 0 Å². The Kier molecular flexibility index (Phi) is 5.79. The minimum absolute atomic E-state index is 0.110. The van der Waals surface area contributed by atoms with Gasteiger partial charge in [-0.3, -0.25) is 4.79 Å². The Morgan fingerprint density at radius 1 is 1.38 bits per heavy atom. The van der Waals surface area contributed by atoms with E-state index in [-0.39, 0.29) is 18.7 Å². The van der Waals surface area contributed by atoms with E-state index in [1.807, 2.05) is 0 Å². The molecule has 134 valence electrons. The third-order valence-electron chi connectivity index (χ3n) is 3.65. The van der Waals surface area contributed by atoms with Crippen molar-refractivity contribution in [1.29, 1.82) is 0 Å². The molecule has 0 radical (unpaired) electrons. The second-order valence-electron chi connectivity index (χ2n) is 6.70. The fraction of sp³-hybridized carbons (Fsp3) is 0.588. The number of hydrogen-bond acceptors (Lipinski definition) is 6. The summed E-state index contributed by atoms with van der Waals surface area (Å²) >= 11 is 0. The monoisotopic (exact) mass is 341 g/mol. The average Bonchev–Trinajstić information content (AvgIpc) is 2.91. The first-order chi connectivity index (χ1) is 11.2. The highest BCUT2D eigenvalue weighted by atomic mass is 19.1. The molecule has 0 aliphatic carbocycles. The molecular formula is C17H24FNO5. The Labute approximate surface area is 141 Å². The third-order valence-corrected chi connectivity index (χ3v) is 3.65. The Balaban J connectivity index is 2.11. The lowest BCUT2D eigenvalue weighted by Gasteiger charge is -2.32. The molecule has 6 nitrogen and oxygen atoms in total. The number of hydrogen-bond donors (Lipinski definition) is 1. The van der Waals surface area contributed by atoms with Crippen molar-refractivity contribution in [2.45, 2.75) is 51.4 Å². The quantitative estimate of drug-likeness (QED) is 0.652. The number of esters is 1. The number of methoxy groups -OCH3 is 1. The number of halogens is 1. The minimum Gasteiger partial charge on any atom is -0.486 e. The van der Waals surface area contributed by atoms with E-state index in [2.05, 4.69) is 0 Å². The number of aliphatic hydroxyl groups excluding tert-OH is 1. The van der Waals surface area contributed by atoms with Crippen molar-refractivity contribution in [3.05, 3.63) is 30.1 Å². The molecule has 2 rings (SSSR count). The van der Waals surface area contributed by atoms with Gasteiger partial charge in [0.05, 0.1) is 12.7 Å². The largest absolute Gasteiger partial charge is 0.486 e. The normalized spacial score (nSPS) is 23.1. The minimum atomic E-state index is -1.29. The van der Waals surface area contributed by atoms with Gasteiger partial charge in [-0.05, 0) is 32.9 Å². The summed E-state index contributed by atoms with van der Waals surface area (Å²) in [4.78, 5) is 13.5. The summed E-state index contributed by atoms with van der Waals surface area (Å²) in [6.45, 7) is 5.61. The van der Waals surface area contributed by atoms with E-state index in [1.165, 1.54) is 24.1 Å². The van der Waals surface area contributed by atoms with E-state index < -0.39 is 35.9 Å². The van der Waals surface area contributed by atoms with Gasteiger partial charge >= 0.3 is 5.97 Å². The zero-order chi connectivity index (χ0) is 17.9. The van der Waals surface area contributed by atoms with E-state index in [0.29, 0.717) is 0 Å². The number of nitrogens with zero attached hydrogens (tertiary/aromatic N) is 1. The zero-order valence-corrected chi connectivity index (χ0v) is 14.4. The van der Waals surface area contributed by atoms with Crippen LogP contribution in [0.5, 0.6) is 5.75 Å². The van der Waals surface area contributed by atoms with Gasteiger partial charge in [0, 0.05) is 13.0 Å². The highest BCUT2D eigenvalue weighted by molar-refractivity contribution is 5.76. The maximum atomic E-state index is 13.7. The van der Waals surface area contributed by atoms with Gasteiger partial charge in [0.25, 0.3) is 0 Å². The van der Waals surface area contributed by atoms with Gasteiger partial charge in [0.1, 0.15) is 12.1 Å². The van der Waals surface area contributed by atoms with Gasteiger partial charge in [-0.2, -0.15) is 0 Å². The van der Waals surface area contributed by atoms with E-state index in [0.717, 1.165) is 0 Å². The summed E-state index contributed by atoms with van der Waals surface area (Å²) in [5, 5.41) is 10.3. The molecule has 1 aliphatic heterocycles. The lowest BCUT2D eigenvalue weighted by molar-refractivity contribution is -0.244. The SMILES string of the molecule is COC(=O)[C@@H]1C[C@H](Oc2ccccc2F)CN1C(O)OC(C)(C)C. The molecule has 24 heavy (non-hydrogen) atoms. The van der Waals surface area contributed by atoms with Crippen LogP contribution in [0.3, 0.4) is 0 Å². The first-order valence-corrected chi connectivity index (χ1v) is 7.82. The van der Waals surface area contributed by atoms with Gasteiger partial charge < -0.3 is 19.3 Å². The fourth-order valence-electron chi connectivity index (χ4n) is 2.62. The predicted molar refractivity (Wildman–Crippen MR) is 84.8 cm³/mol. The molecule has 3 atom stereocenters. The Morgan fingerprint density at radius 3 is 2.62 bits per heavy atom. The summed E-state index contributed by atoms with van der Waals surface area (Å²) in [6, 6.07) is 5.34. The highest BCUT2D eigenvalue weighted by Gasteiger charge is 2.43. The Bertz CT molecular complexity index is 574. The molecule has 1 aliphatic rings. The first-order valence-electron chi connectivity index (χ1n) is 7.82. The van der Waals surface area contributed by atoms with Gasteiger partial charge in [0.15, 0.2) is 11.6 Å². The molecule has 1 aromatic rings. The molecule has 1 heterocycles. The molecular weight excluding hydrogens is 317 g/mol. The molecule has 7 heteroatoms. The Hall–Kier alpha value is -1.70. The fourth-order valence-corrected chi connectivity index (χ4v) is 2.62. The number of carbonyl (C=O) groups excluding carboxylic acids is 1. The summed E-state index contributed by atoms with van der Waals surface area (Å²) in [6.07, 6.45) is -1.49. The molecule has 1 fully saturated rings. The molecule has 1 aromatic carbocycles. The Morgan fingerprint density at radius 2 is 2.04 bits per heavy atom. The number of likely N-dealkylation sites (tertiary alicyclic amines) is 1. The van der Waals surface area contributed by atoms with E-state index in [4.69, 9.17) is 14.2 Å². The average molecular weight is 341 g/mol. The molecule has 1 unspecified atom stereocenters. The second-order valence-corrected chi connectivity index (χ2v) is 6.70. The second kappa shape index (κ2) is 7.46. The number of benzene rings is 1. The van der Waals surface area contributed by atoms with Crippen LogP contribution in [0.4, 0.5) is 4.39 Å². The van der Waals surface area contributed by atoms with Crippen LogP contribution in [0.25, 0.3) is 0 Å². The molecule has 0 bridgehead atoms. The molecule has 1 N–H and O–H groups in total. The summed E-state index contributed by atoms with van der Waals surface area (Å²) < 4.78 is 29.7. The van der Waals surface area contributed by atoms with Crippen LogP contribution in [0.1, 0.15) is 27.2 Å². The van der Waals surface area contributed by atoms with E-state index in [1.54, 1.807) is 32.9 Å². The number of aliphatic hydroxyl groups is 1. The molecule has 1 saturated heterocycles. The summed E-state index contributed by atoms with van der Waals surface area (Å²) in [5.74, 6) is -0.859. The van der Waals surface area contributed by atoms with Gasteiger partial charge in [-0.25, -0.2) is 9.29 Å². The van der Waals surface area contributed by atoms with E-state index in [9.17, 15) is 14.3 Å². The lowest BCUT2D eigenvalue weighted by atomic mass is 10.2. The van der Waals surface area contributed by atoms with Crippen molar-refractivity contribution in [2.75, 3.05) is 13.7 Å². The van der Waals surface area contributed by atoms with Crippen molar-refractivity contribution >= 4 is 5.97 Å². The predicted octanol–water partition coefficient (Wildman–Crippen LogP) is 1.91. The van der Waals surface area contributed by atoms with Crippen molar-refractivity contribution in [1.82, 2.24) is 4.90 Å². The van der Waals surface area contributed by atoms with Crippen molar-refractivity contribution < 1.29 is 28.5 Å². The van der Waals surface area contributed by atoms with Crippen molar-refractivity contribution in [3.8, 4) is 5.75 Å². The molecule has 0 aromatic heterocycles. The standard InChI is InChI=1S/C17H24FNO5/c1-17(2,3)24-16(21)19-10-11(9-13(19)15(20)22-4)23-14-8-6-5-7-12(14)18/h5-8,11,13,16,21H,9-10H2,1-4H3/t11-,13-,16?/m0/s1. The number of carbonyl (C=O) groups is 1. The van der Waals surface area contributed by atoms with Crippen molar-refractivity contribution in [3.63, 3.8) is 0 Å².